The molecule has 1 heterocycles. The second-order valence-electron chi connectivity index (χ2n) is 5.31. The monoisotopic (exact) mass is 257 g/mol. The van der Waals surface area contributed by atoms with Crippen LogP contribution in [0.25, 0.3) is 0 Å². The first-order valence-corrected chi connectivity index (χ1v) is 7.08. The van der Waals surface area contributed by atoms with Gasteiger partial charge in [-0.3, -0.25) is 9.69 Å². The maximum atomic E-state index is 12.7. The fourth-order valence-electron chi connectivity index (χ4n) is 3.38. The Kier molecular flexibility index (Phi) is 3.54. The Bertz CT molecular complexity index is 439. The highest BCUT2D eigenvalue weighted by molar-refractivity contribution is 5.90. The van der Waals surface area contributed by atoms with E-state index < -0.39 is 5.54 Å². The summed E-state index contributed by atoms with van der Waals surface area (Å²) in [5, 5.41) is 0. The minimum Gasteiger partial charge on any atom is -0.379 e. The van der Waals surface area contributed by atoms with Crippen molar-refractivity contribution >= 4 is 5.78 Å². The van der Waals surface area contributed by atoms with Crippen molar-refractivity contribution in [2.45, 2.75) is 31.2 Å². The van der Waals surface area contributed by atoms with E-state index in [0.29, 0.717) is 12.2 Å². The lowest BCUT2D eigenvalue weighted by molar-refractivity contribution is -0.139. The van der Waals surface area contributed by atoms with Gasteiger partial charge in [-0.1, -0.05) is 18.6 Å². The lowest BCUT2D eigenvalue weighted by Crippen LogP contribution is -2.57. The second kappa shape index (κ2) is 5.32. The summed E-state index contributed by atoms with van der Waals surface area (Å²) in [5.74, 6) is 0.361. The van der Waals surface area contributed by atoms with Crippen molar-refractivity contribution in [2.75, 3.05) is 26.3 Å². The molecule has 1 aromatic carbocycles. The molecule has 1 aliphatic heterocycles. The predicted molar refractivity (Wildman–Crippen MR) is 71.7 cm³/mol. The maximum Gasteiger partial charge on any atom is 0.157 e. The van der Waals surface area contributed by atoms with Gasteiger partial charge in [-0.2, -0.15) is 0 Å². The number of nitrogens with zero attached hydrogens (tertiary/aromatic N) is 1. The summed E-state index contributed by atoms with van der Waals surface area (Å²) >= 11 is 0. The third-order valence-electron chi connectivity index (χ3n) is 4.34. The molecule has 0 aromatic heterocycles. The molecule has 1 atom stereocenters. The number of ether oxygens (including phenoxy) is 1. The number of carbonyl (C=O) groups is 1. The number of hydrogen-bond acceptors (Lipinski definition) is 3. The van der Waals surface area contributed by atoms with Gasteiger partial charge in [-0.05, 0) is 36.6 Å². The zero-order valence-corrected chi connectivity index (χ0v) is 11.2. The molecule has 1 saturated heterocycles. The standard InChI is InChI=1S/C16H19NO2/c18-15-8-4-5-9-16(15,14-6-2-1-3-7-14)17-10-12-19-13-11-17/h2,6-7H,4-5,8-13H2. The number of hydrogen-bond donors (Lipinski definition) is 0. The zero-order valence-electron chi connectivity index (χ0n) is 11.2. The van der Waals surface area contributed by atoms with Gasteiger partial charge in [0.2, 0.25) is 0 Å². The number of ketones is 1. The summed E-state index contributed by atoms with van der Waals surface area (Å²) in [4.78, 5) is 15.0. The van der Waals surface area contributed by atoms with Crippen LogP contribution in [0.1, 0.15) is 31.2 Å². The molecule has 1 unspecified atom stereocenters. The summed E-state index contributed by atoms with van der Waals surface area (Å²) in [6.07, 6.45) is 3.74. The molecular formula is C16H19NO2. The summed E-state index contributed by atoms with van der Waals surface area (Å²) < 4.78 is 5.44. The van der Waals surface area contributed by atoms with Gasteiger partial charge < -0.3 is 4.74 Å². The fourth-order valence-corrected chi connectivity index (χ4v) is 3.38. The van der Waals surface area contributed by atoms with Crippen LogP contribution < -0.4 is 0 Å². The predicted octanol–water partition coefficient (Wildman–Crippen LogP) is 1.96. The van der Waals surface area contributed by atoms with Crippen LogP contribution >= 0.6 is 0 Å². The summed E-state index contributed by atoms with van der Waals surface area (Å²) in [5.41, 5.74) is 0.644. The van der Waals surface area contributed by atoms with Crippen molar-refractivity contribution < 1.29 is 9.53 Å². The molecule has 1 saturated carbocycles. The highest BCUT2D eigenvalue weighted by atomic mass is 16.5. The molecule has 19 heavy (non-hydrogen) atoms. The van der Waals surface area contributed by atoms with E-state index in [1.54, 1.807) is 0 Å². The van der Waals surface area contributed by atoms with Crippen LogP contribution in [0.15, 0.2) is 18.2 Å². The molecule has 1 aliphatic carbocycles. The van der Waals surface area contributed by atoms with Crippen LogP contribution in [-0.4, -0.2) is 37.0 Å². The van der Waals surface area contributed by atoms with Crippen molar-refractivity contribution in [2.24, 2.45) is 0 Å². The van der Waals surface area contributed by atoms with E-state index in [0.717, 1.165) is 51.1 Å². The van der Waals surface area contributed by atoms with Crippen molar-refractivity contribution in [3.63, 3.8) is 0 Å². The SMILES string of the molecule is O=C1CCCCC1(c1cc#ccc1)N1CCOCC1. The first-order valence-electron chi connectivity index (χ1n) is 7.08. The van der Waals surface area contributed by atoms with E-state index >= 15 is 0 Å². The van der Waals surface area contributed by atoms with E-state index in [1.807, 2.05) is 18.2 Å². The fraction of sp³-hybridized carbons (Fsp3) is 0.562. The van der Waals surface area contributed by atoms with Crippen LogP contribution in [0.3, 0.4) is 0 Å². The number of carbonyl (C=O) groups excluding carboxylic acids is 1. The van der Waals surface area contributed by atoms with Crippen molar-refractivity contribution in [3.05, 3.63) is 35.9 Å². The number of Topliss-reactive ketones (excluding diaryl/α,β-unsaturated/α-hetero) is 1. The first-order chi connectivity index (χ1) is 9.34. The average molecular weight is 257 g/mol. The Labute approximate surface area is 114 Å². The largest absolute Gasteiger partial charge is 0.379 e. The van der Waals surface area contributed by atoms with Crippen molar-refractivity contribution in [1.82, 2.24) is 4.90 Å². The lowest BCUT2D eigenvalue weighted by atomic mass is 9.74. The summed E-state index contributed by atoms with van der Waals surface area (Å²) in [6.45, 7) is 3.12. The molecule has 0 bridgehead atoms. The van der Waals surface area contributed by atoms with E-state index in [-0.39, 0.29) is 0 Å². The minimum atomic E-state index is -0.437. The van der Waals surface area contributed by atoms with E-state index in [2.05, 4.69) is 17.0 Å². The van der Waals surface area contributed by atoms with Crippen LogP contribution in [0, 0.1) is 12.1 Å². The third kappa shape index (κ3) is 2.16. The number of rotatable bonds is 2. The molecular weight excluding hydrogens is 238 g/mol. The number of morpholine rings is 1. The average Bonchev–Trinajstić information content (AvgIpc) is 2.50. The molecule has 0 radical (unpaired) electrons. The van der Waals surface area contributed by atoms with Crippen molar-refractivity contribution in [3.8, 4) is 0 Å². The Hall–Kier alpha value is -1.37. The first kappa shape index (κ1) is 12.7. The molecule has 100 valence electrons. The highest BCUT2D eigenvalue weighted by Crippen LogP contribution is 2.39. The molecule has 0 N–H and O–H groups in total. The Morgan fingerprint density at radius 3 is 2.74 bits per heavy atom. The van der Waals surface area contributed by atoms with Gasteiger partial charge in [-0.25, -0.2) is 0 Å². The highest BCUT2D eigenvalue weighted by Gasteiger charge is 2.46. The quantitative estimate of drug-likeness (QED) is 0.811. The topological polar surface area (TPSA) is 29.5 Å². The molecule has 3 nitrogen and oxygen atoms in total. The van der Waals surface area contributed by atoms with Crippen molar-refractivity contribution in [1.29, 1.82) is 0 Å². The molecule has 0 amide bonds. The van der Waals surface area contributed by atoms with E-state index in [9.17, 15) is 4.79 Å². The van der Waals surface area contributed by atoms with E-state index in [4.69, 9.17) is 4.74 Å². The Morgan fingerprint density at radius 1 is 1.21 bits per heavy atom. The minimum absolute atomic E-state index is 0.361. The Balaban J connectivity index is 2.01. The van der Waals surface area contributed by atoms with Gasteiger partial charge in [0.25, 0.3) is 0 Å². The van der Waals surface area contributed by atoms with Gasteiger partial charge in [0.15, 0.2) is 5.78 Å². The zero-order chi connectivity index (χ0) is 13.1. The molecule has 2 aliphatic rings. The molecule has 0 spiro atoms. The molecule has 1 aromatic rings. The van der Waals surface area contributed by atoms with Crippen LogP contribution in [0.4, 0.5) is 0 Å². The summed E-state index contributed by atoms with van der Waals surface area (Å²) in [6, 6.07) is 11.7. The van der Waals surface area contributed by atoms with E-state index in [1.165, 1.54) is 0 Å². The van der Waals surface area contributed by atoms with Gasteiger partial charge in [0.1, 0.15) is 5.54 Å². The van der Waals surface area contributed by atoms with Gasteiger partial charge in [0.05, 0.1) is 13.2 Å². The maximum absolute atomic E-state index is 12.7. The Morgan fingerprint density at radius 2 is 2.05 bits per heavy atom. The van der Waals surface area contributed by atoms with Gasteiger partial charge in [0, 0.05) is 19.5 Å². The van der Waals surface area contributed by atoms with Crippen LogP contribution in [0.5, 0.6) is 0 Å². The van der Waals surface area contributed by atoms with Crippen LogP contribution in [-0.2, 0) is 15.1 Å². The molecule has 3 heteroatoms. The second-order valence-corrected chi connectivity index (χ2v) is 5.31. The van der Waals surface area contributed by atoms with Crippen LogP contribution in [0.2, 0.25) is 0 Å². The molecule has 2 fully saturated rings. The van der Waals surface area contributed by atoms with Gasteiger partial charge in [-0.15, -0.1) is 0 Å². The lowest BCUT2D eigenvalue weighted by Gasteiger charge is -2.46. The normalized spacial score (nSPS) is 28.9. The van der Waals surface area contributed by atoms with Gasteiger partial charge >= 0.3 is 0 Å². The summed E-state index contributed by atoms with van der Waals surface area (Å²) in [7, 11) is 0. The smallest absolute Gasteiger partial charge is 0.157 e. The molecule has 3 rings (SSSR count). The third-order valence-corrected chi connectivity index (χ3v) is 4.34.